The zero-order chi connectivity index (χ0) is 12.7. The Hall–Kier alpha value is -2.14. The topological polar surface area (TPSA) is 69.9 Å². The van der Waals surface area contributed by atoms with E-state index in [1.165, 1.54) is 5.56 Å². The lowest BCUT2D eigenvalue weighted by atomic mass is 10.2. The van der Waals surface area contributed by atoms with E-state index in [0.29, 0.717) is 11.7 Å². The van der Waals surface area contributed by atoms with Crippen molar-refractivity contribution in [3.05, 3.63) is 35.7 Å². The predicted molar refractivity (Wildman–Crippen MR) is 68.8 cm³/mol. The Morgan fingerprint density at radius 3 is 2.89 bits per heavy atom. The van der Waals surface area contributed by atoms with E-state index in [-0.39, 0.29) is 6.54 Å². The lowest BCUT2D eigenvalue weighted by molar-refractivity contribution is 0.420. The van der Waals surface area contributed by atoms with Crippen LogP contribution in [0.5, 0.6) is 0 Å². The van der Waals surface area contributed by atoms with Crippen molar-refractivity contribution in [1.29, 1.82) is 0 Å². The van der Waals surface area contributed by atoms with E-state index in [1.807, 2.05) is 13.1 Å². The minimum absolute atomic E-state index is 0.284. The molecule has 0 aliphatic rings. The fourth-order valence-corrected chi connectivity index (χ4v) is 2.09. The lowest BCUT2D eigenvalue weighted by Gasteiger charge is -2.00. The van der Waals surface area contributed by atoms with Crippen LogP contribution < -0.4 is 5.73 Å². The molecule has 3 aromatic rings. The Bertz CT molecular complexity index is 711. The molecular weight excluding hydrogens is 228 g/mol. The molecule has 0 bridgehead atoms. The van der Waals surface area contributed by atoms with Crippen LogP contribution in [0.1, 0.15) is 11.4 Å². The molecule has 3 rings (SSSR count). The molecule has 0 fully saturated rings. The summed E-state index contributed by atoms with van der Waals surface area (Å²) in [7, 11) is 1.99. The smallest absolute Gasteiger partial charge is 0.274 e. The van der Waals surface area contributed by atoms with Crippen LogP contribution in [-0.2, 0) is 13.6 Å². The van der Waals surface area contributed by atoms with Crippen molar-refractivity contribution in [2.75, 3.05) is 0 Å². The van der Waals surface area contributed by atoms with Crippen molar-refractivity contribution >= 4 is 10.9 Å². The van der Waals surface area contributed by atoms with Gasteiger partial charge < -0.3 is 14.8 Å². The molecule has 1 aromatic carbocycles. The van der Waals surface area contributed by atoms with Gasteiger partial charge in [0, 0.05) is 18.0 Å². The number of aryl methyl sites for hydroxylation is 2. The highest BCUT2D eigenvalue weighted by Gasteiger charge is 2.14. The molecule has 0 atom stereocenters. The van der Waals surface area contributed by atoms with Gasteiger partial charge in [0.15, 0.2) is 5.82 Å². The van der Waals surface area contributed by atoms with Crippen LogP contribution in [0.25, 0.3) is 22.5 Å². The monoisotopic (exact) mass is 242 g/mol. The summed E-state index contributed by atoms with van der Waals surface area (Å²) >= 11 is 0. The Balaban J connectivity index is 2.20. The maximum atomic E-state index is 5.48. The first-order valence-corrected chi connectivity index (χ1v) is 5.78. The van der Waals surface area contributed by atoms with Gasteiger partial charge in [0.1, 0.15) is 5.69 Å². The Labute approximate surface area is 104 Å². The highest BCUT2D eigenvalue weighted by Crippen LogP contribution is 2.26. The minimum Gasteiger partial charge on any atom is -0.340 e. The van der Waals surface area contributed by atoms with E-state index in [2.05, 4.69) is 39.8 Å². The second-order valence-electron chi connectivity index (χ2n) is 4.37. The van der Waals surface area contributed by atoms with Gasteiger partial charge in [-0.15, -0.1) is 0 Å². The van der Waals surface area contributed by atoms with Crippen molar-refractivity contribution in [3.63, 3.8) is 0 Å². The fraction of sp³-hybridized carbons (Fsp3) is 0.231. The van der Waals surface area contributed by atoms with Gasteiger partial charge in [0.05, 0.1) is 6.54 Å². The summed E-state index contributed by atoms with van der Waals surface area (Å²) in [6.07, 6.45) is 0. The number of rotatable bonds is 2. The molecule has 0 unspecified atom stereocenters. The highest BCUT2D eigenvalue weighted by atomic mass is 16.5. The van der Waals surface area contributed by atoms with Gasteiger partial charge in [-0.05, 0) is 24.6 Å². The van der Waals surface area contributed by atoms with E-state index in [9.17, 15) is 0 Å². The third kappa shape index (κ3) is 1.60. The third-order valence-corrected chi connectivity index (χ3v) is 3.07. The largest absolute Gasteiger partial charge is 0.340 e. The maximum absolute atomic E-state index is 5.48. The molecule has 2 heterocycles. The molecule has 5 heteroatoms. The molecule has 18 heavy (non-hydrogen) atoms. The van der Waals surface area contributed by atoms with Crippen molar-refractivity contribution < 1.29 is 4.52 Å². The van der Waals surface area contributed by atoms with Crippen LogP contribution in [0.3, 0.4) is 0 Å². The maximum Gasteiger partial charge on any atom is 0.274 e. The van der Waals surface area contributed by atoms with Gasteiger partial charge >= 0.3 is 0 Å². The summed E-state index contributed by atoms with van der Waals surface area (Å²) in [5, 5.41) is 4.97. The first-order chi connectivity index (χ1) is 8.69. The zero-order valence-electron chi connectivity index (χ0n) is 10.3. The van der Waals surface area contributed by atoms with Crippen molar-refractivity contribution in [3.8, 4) is 11.6 Å². The summed E-state index contributed by atoms with van der Waals surface area (Å²) < 4.78 is 7.27. The number of nitrogens with two attached hydrogens (primary N) is 1. The molecule has 0 amide bonds. The third-order valence-electron chi connectivity index (χ3n) is 3.07. The number of nitrogens with zero attached hydrogens (tertiary/aromatic N) is 3. The number of hydrogen-bond acceptors (Lipinski definition) is 4. The van der Waals surface area contributed by atoms with Crippen LogP contribution in [0, 0.1) is 6.92 Å². The number of hydrogen-bond donors (Lipinski definition) is 1. The van der Waals surface area contributed by atoms with Gasteiger partial charge in [-0.1, -0.05) is 17.3 Å². The summed E-state index contributed by atoms with van der Waals surface area (Å²) in [4.78, 5) is 4.25. The van der Waals surface area contributed by atoms with Crippen LogP contribution >= 0.6 is 0 Å². The van der Waals surface area contributed by atoms with Gasteiger partial charge in [-0.3, -0.25) is 0 Å². The van der Waals surface area contributed by atoms with E-state index in [4.69, 9.17) is 10.3 Å². The van der Waals surface area contributed by atoms with Crippen LogP contribution in [0.4, 0.5) is 0 Å². The standard InChI is InChI=1S/C13H14N4O/c1-8-3-4-9-6-11(17(2)10(9)5-8)13-15-12(7-14)16-18-13/h3-6H,7,14H2,1-2H3. The quantitative estimate of drug-likeness (QED) is 0.746. The Morgan fingerprint density at radius 2 is 2.17 bits per heavy atom. The minimum atomic E-state index is 0.284. The number of benzene rings is 1. The molecule has 92 valence electrons. The fourth-order valence-electron chi connectivity index (χ4n) is 2.09. The molecule has 5 nitrogen and oxygen atoms in total. The second-order valence-corrected chi connectivity index (χ2v) is 4.37. The summed E-state index contributed by atoms with van der Waals surface area (Å²) in [5.41, 5.74) is 8.76. The number of fused-ring (bicyclic) bond motifs is 1. The molecule has 2 N–H and O–H groups in total. The van der Waals surface area contributed by atoms with Gasteiger partial charge in [0.2, 0.25) is 0 Å². The van der Waals surface area contributed by atoms with E-state index in [0.717, 1.165) is 16.6 Å². The summed E-state index contributed by atoms with van der Waals surface area (Å²) in [6, 6.07) is 8.36. The van der Waals surface area contributed by atoms with E-state index >= 15 is 0 Å². The lowest BCUT2D eigenvalue weighted by Crippen LogP contribution is -1.98. The molecule has 0 spiro atoms. The van der Waals surface area contributed by atoms with E-state index in [1.54, 1.807) is 0 Å². The first-order valence-electron chi connectivity index (χ1n) is 5.78. The van der Waals surface area contributed by atoms with Gasteiger partial charge in [0.25, 0.3) is 5.89 Å². The van der Waals surface area contributed by atoms with Crippen molar-refractivity contribution in [2.45, 2.75) is 13.5 Å². The van der Waals surface area contributed by atoms with Gasteiger partial charge in [-0.25, -0.2) is 0 Å². The normalized spacial score (nSPS) is 11.3. The van der Waals surface area contributed by atoms with Crippen LogP contribution in [0.15, 0.2) is 28.8 Å². The zero-order valence-corrected chi connectivity index (χ0v) is 10.3. The molecule has 0 saturated carbocycles. The van der Waals surface area contributed by atoms with Gasteiger partial charge in [-0.2, -0.15) is 4.98 Å². The van der Waals surface area contributed by atoms with Crippen molar-refractivity contribution in [2.24, 2.45) is 12.8 Å². The molecule has 2 aromatic heterocycles. The average molecular weight is 242 g/mol. The Kier molecular flexibility index (Phi) is 2.41. The highest BCUT2D eigenvalue weighted by molar-refractivity contribution is 5.86. The molecule has 0 aliphatic carbocycles. The van der Waals surface area contributed by atoms with Crippen molar-refractivity contribution in [1.82, 2.24) is 14.7 Å². The van der Waals surface area contributed by atoms with E-state index < -0.39 is 0 Å². The predicted octanol–water partition coefficient (Wildman–Crippen LogP) is 2.00. The SMILES string of the molecule is Cc1ccc2cc(-c3nc(CN)no3)n(C)c2c1. The first kappa shape index (κ1) is 11.0. The summed E-state index contributed by atoms with van der Waals surface area (Å²) in [6.45, 7) is 2.36. The van der Waals surface area contributed by atoms with Crippen LogP contribution in [-0.4, -0.2) is 14.7 Å². The second kappa shape index (κ2) is 3.96. The average Bonchev–Trinajstić information content (AvgIpc) is 2.95. The number of aromatic nitrogens is 3. The molecule has 0 saturated heterocycles. The molecule has 0 radical (unpaired) electrons. The Morgan fingerprint density at radius 1 is 1.33 bits per heavy atom. The molecule has 0 aliphatic heterocycles. The molecular formula is C13H14N4O. The summed E-state index contributed by atoms with van der Waals surface area (Å²) in [5.74, 6) is 1.03. The van der Waals surface area contributed by atoms with Crippen LogP contribution in [0.2, 0.25) is 0 Å².